The third-order valence-corrected chi connectivity index (χ3v) is 5.44. The van der Waals surface area contributed by atoms with Gasteiger partial charge in [-0.05, 0) is 70.5 Å². The second kappa shape index (κ2) is 6.06. The number of aliphatic hydroxyl groups is 1. The zero-order valence-electron chi connectivity index (χ0n) is 13.5. The van der Waals surface area contributed by atoms with Crippen molar-refractivity contribution < 1.29 is 14.6 Å². The van der Waals surface area contributed by atoms with Gasteiger partial charge in [-0.1, -0.05) is 12.0 Å². The van der Waals surface area contributed by atoms with E-state index in [0.29, 0.717) is 11.5 Å². The lowest BCUT2D eigenvalue weighted by Gasteiger charge is -2.49. The van der Waals surface area contributed by atoms with Crippen molar-refractivity contribution >= 4 is 5.97 Å². The number of carbonyl (C=O) groups excluding carboxylic acids is 1. The Morgan fingerprint density at radius 1 is 1.45 bits per heavy atom. The van der Waals surface area contributed by atoms with Gasteiger partial charge in [0.05, 0.1) is 0 Å². The van der Waals surface area contributed by atoms with E-state index in [9.17, 15) is 9.90 Å². The van der Waals surface area contributed by atoms with Crippen molar-refractivity contribution in [3.63, 3.8) is 0 Å². The zero-order chi connectivity index (χ0) is 15.7. The largest absolute Gasteiger partial charge is 0.457 e. The first-order chi connectivity index (χ1) is 10.6. The summed E-state index contributed by atoms with van der Waals surface area (Å²) in [5, 5.41) is 10.8. The van der Waals surface area contributed by atoms with Crippen LogP contribution >= 0.6 is 0 Å². The molecule has 0 spiro atoms. The molecular formula is C18H25NO3. The normalized spacial score (nSPS) is 36.0. The first kappa shape index (κ1) is 15.6. The number of hydrogen-bond acceptors (Lipinski definition) is 4. The smallest absolute Gasteiger partial charge is 0.355 e. The average Bonchev–Trinajstić information content (AvgIpc) is 3.06. The predicted octanol–water partition coefficient (Wildman–Crippen LogP) is 1.88. The topological polar surface area (TPSA) is 49.8 Å². The highest BCUT2D eigenvalue weighted by Gasteiger charge is 2.47. The summed E-state index contributed by atoms with van der Waals surface area (Å²) in [5.74, 6) is 5.23. The van der Waals surface area contributed by atoms with Crippen LogP contribution in [0.4, 0.5) is 0 Å². The van der Waals surface area contributed by atoms with Gasteiger partial charge in [0.1, 0.15) is 6.10 Å². The van der Waals surface area contributed by atoms with Gasteiger partial charge in [0.2, 0.25) is 5.60 Å². The second-order valence-corrected chi connectivity index (χ2v) is 6.69. The van der Waals surface area contributed by atoms with Crippen molar-refractivity contribution in [1.82, 2.24) is 4.90 Å². The molecule has 0 amide bonds. The van der Waals surface area contributed by atoms with Crippen molar-refractivity contribution in [3.8, 4) is 11.8 Å². The molecule has 0 aromatic carbocycles. The maximum Gasteiger partial charge on any atom is 0.355 e. The monoisotopic (exact) mass is 303 g/mol. The summed E-state index contributed by atoms with van der Waals surface area (Å²) in [6.07, 6.45) is 6.54. The molecule has 0 aromatic heterocycles. The molecule has 3 saturated heterocycles. The van der Waals surface area contributed by atoms with Crippen molar-refractivity contribution in [3.05, 3.63) is 11.6 Å². The van der Waals surface area contributed by atoms with E-state index in [4.69, 9.17) is 4.74 Å². The molecule has 0 aromatic rings. The lowest BCUT2D eigenvalue weighted by atomic mass is 9.81. The van der Waals surface area contributed by atoms with E-state index in [2.05, 4.69) is 23.7 Å². The number of rotatable bonds is 3. The summed E-state index contributed by atoms with van der Waals surface area (Å²) in [6.45, 7) is 5.93. The van der Waals surface area contributed by atoms with Crippen LogP contribution in [-0.2, 0) is 9.53 Å². The lowest BCUT2D eigenvalue weighted by Crippen LogP contribution is -2.59. The maximum absolute atomic E-state index is 12.7. The molecule has 1 aliphatic carbocycles. The summed E-state index contributed by atoms with van der Waals surface area (Å²) in [6, 6.07) is 0.229. The van der Waals surface area contributed by atoms with Gasteiger partial charge in [0, 0.05) is 6.04 Å². The number of hydrogen-bond donors (Lipinski definition) is 1. The van der Waals surface area contributed by atoms with Gasteiger partial charge in [-0.2, -0.15) is 0 Å². The molecule has 4 nitrogen and oxygen atoms in total. The Morgan fingerprint density at radius 3 is 2.73 bits per heavy atom. The van der Waals surface area contributed by atoms with E-state index in [1.807, 2.05) is 6.08 Å². The zero-order valence-corrected chi connectivity index (χ0v) is 13.5. The van der Waals surface area contributed by atoms with Gasteiger partial charge in [-0.3, -0.25) is 4.90 Å². The van der Waals surface area contributed by atoms with E-state index in [-0.39, 0.29) is 12.1 Å². The quantitative estimate of drug-likeness (QED) is 0.491. The Kier molecular flexibility index (Phi) is 4.29. The fourth-order valence-electron chi connectivity index (χ4n) is 4.10. The first-order valence-electron chi connectivity index (χ1n) is 8.37. The SMILES string of the molecule is CC#C[C@](O)(C(=O)O[C@H]1C2CCN(CC2)[C@H]1C)C1=CCCC1. The van der Waals surface area contributed by atoms with Crippen LogP contribution in [0.25, 0.3) is 0 Å². The standard InChI is InChI=1S/C18H25NO3/c1-3-10-18(21,15-6-4-5-7-15)17(20)22-16-13(2)19-11-8-14(16)9-12-19/h6,13-14,16,21H,4-5,7-9,11-12H2,1-2H3/t13-,16+,18+/m0/s1. The minimum Gasteiger partial charge on any atom is -0.457 e. The molecule has 4 heteroatoms. The molecule has 4 rings (SSSR count). The van der Waals surface area contributed by atoms with E-state index in [0.717, 1.165) is 45.2 Å². The molecule has 22 heavy (non-hydrogen) atoms. The number of ether oxygens (including phenoxy) is 1. The molecule has 3 heterocycles. The summed E-state index contributed by atoms with van der Waals surface area (Å²) in [7, 11) is 0. The summed E-state index contributed by atoms with van der Waals surface area (Å²) in [4.78, 5) is 15.1. The van der Waals surface area contributed by atoms with E-state index < -0.39 is 11.6 Å². The van der Waals surface area contributed by atoms with E-state index in [1.165, 1.54) is 0 Å². The number of carbonyl (C=O) groups is 1. The predicted molar refractivity (Wildman–Crippen MR) is 84.0 cm³/mol. The summed E-state index contributed by atoms with van der Waals surface area (Å²) in [5.41, 5.74) is -1.04. The first-order valence-corrected chi connectivity index (χ1v) is 8.37. The Bertz CT molecular complexity index is 534. The summed E-state index contributed by atoms with van der Waals surface area (Å²) >= 11 is 0. The number of piperidine rings is 3. The van der Waals surface area contributed by atoms with Crippen molar-refractivity contribution in [2.45, 2.75) is 63.7 Å². The number of nitrogens with zero attached hydrogens (tertiary/aromatic N) is 1. The third-order valence-electron chi connectivity index (χ3n) is 5.44. The molecule has 120 valence electrons. The van der Waals surface area contributed by atoms with Gasteiger partial charge in [0.15, 0.2) is 0 Å². The molecule has 0 radical (unpaired) electrons. The number of allylic oxidation sites excluding steroid dienone is 1. The minimum absolute atomic E-state index is 0.123. The van der Waals surface area contributed by atoms with Gasteiger partial charge in [-0.25, -0.2) is 4.79 Å². The number of fused-ring (bicyclic) bond motifs is 3. The van der Waals surface area contributed by atoms with Crippen LogP contribution in [0.5, 0.6) is 0 Å². The molecule has 3 aliphatic heterocycles. The van der Waals surface area contributed by atoms with Gasteiger partial charge < -0.3 is 9.84 Å². The molecule has 1 N–H and O–H groups in total. The highest BCUT2D eigenvalue weighted by atomic mass is 16.6. The van der Waals surface area contributed by atoms with Crippen LogP contribution in [-0.4, -0.2) is 46.8 Å². The fourth-order valence-corrected chi connectivity index (χ4v) is 4.10. The van der Waals surface area contributed by atoms with Crippen molar-refractivity contribution in [2.75, 3.05) is 13.1 Å². The lowest BCUT2D eigenvalue weighted by molar-refractivity contribution is -0.177. The molecular weight excluding hydrogens is 278 g/mol. The van der Waals surface area contributed by atoms with Gasteiger partial charge >= 0.3 is 5.97 Å². The van der Waals surface area contributed by atoms with Crippen LogP contribution in [0.2, 0.25) is 0 Å². The molecule has 2 bridgehead atoms. The van der Waals surface area contributed by atoms with Crippen molar-refractivity contribution in [1.29, 1.82) is 0 Å². The van der Waals surface area contributed by atoms with Crippen LogP contribution in [0.1, 0.15) is 46.0 Å². The Labute approximate surface area is 132 Å². The van der Waals surface area contributed by atoms with E-state index >= 15 is 0 Å². The highest BCUT2D eigenvalue weighted by Crippen LogP contribution is 2.36. The number of esters is 1. The Balaban J connectivity index is 1.78. The molecule has 4 aliphatic rings. The molecule has 0 unspecified atom stereocenters. The van der Waals surface area contributed by atoms with Gasteiger partial charge in [-0.15, -0.1) is 5.92 Å². The van der Waals surface area contributed by atoms with Crippen LogP contribution in [0.3, 0.4) is 0 Å². The molecule has 3 fully saturated rings. The van der Waals surface area contributed by atoms with Crippen LogP contribution in [0.15, 0.2) is 11.6 Å². The molecule has 3 atom stereocenters. The molecule has 0 saturated carbocycles. The van der Waals surface area contributed by atoms with E-state index in [1.54, 1.807) is 6.92 Å². The minimum atomic E-state index is -1.75. The van der Waals surface area contributed by atoms with Crippen molar-refractivity contribution in [2.24, 2.45) is 5.92 Å². The van der Waals surface area contributed by atoms with Crippen LogP contribution < -0.4 is 0 Å². The van der Waals surface area contributed by atoms with Crippen LogP contribution in [0, 0.1) is 17.8 Å². The Hall–Kier alpha value is -1.31. The highest BCUT2D eigenvalue weighted by molar-refractivity contribution is 5.88. The maximum atomic E-state index is 12.7. The fraction of sp³-hybridized carbons (Fsp3) is 0.722. The second-order valence-electron chi connectivity index (χ2n) is 6.69. The average molecular weight is 303 g/mol. The van der Waals surface area contributed by atoms with Gasteiger partial charge in [0.25, 0.3) is 0 Å². The summed E-state index contributed by atoms with van der Waals surface area (Å²) < 4.78 is 5.79. The third kappa shape index (κ3) is 2.57. The Morgan fingerprint density at radius 2 is 2.18 bits per heavy atom.